The van der Waals surface area contributed by atoms with Gasteiger partial charge in [-0.3, -0.25) is 4.79 Å². The van der Waals surface area contributed by atoms with Crippen LogP contribution in [0.25, 0.3) is 0 Å². The molecule has 1 heterocycles. The van der Waals surface area contributed by atoms with Gasteiger partial charge in [-0.1, -0.05) is 6.07 Å². The highest BCUT2D eigenvalue weighted by molar-refractivity contribution is 6.04. The maximum absolute atomic E-state index is 13.0. The van der Waals surface area contributed by atoms with Crippen LogP contribution in [0, 0.1) is 5.82 Å². The Morgan fingerprint density at radius 1 is 1.26 bits per heavy atom. The molecular formula is C14H14FN3O. The van der Waals surface area contributed by atoms with E-state index in [1.807, 2.05) is 14.1 Å². The average Bonchev–Trinajstić information content (AvgIpc) is 2.39. The number of rotatable bonds is 3. The summed E-state index contributed by atoms with van der Waals surface area (Å²) in [4.78, 5) is 18.0. The molecule has 0 aliphatic rings. The van der Waals surface area contributed by atoms with Crippen LogP contribution in [-0.2, 0) is 0 Å². The van der Waals surface area contributed by atoms with Crippen molar-refractivity contribution in [1.82, 2.24) is 4.98 Å². The number of anilines is 2. The molecule has 98 valence electrons. The smallest absolute Gasteiger partial charge is 0.255 e. The van der Waals surface area contributed by atoms with E-state index in [4.69, 9.17) is 0 Å². The van der Waals surface area contributed by atoms with Gasteiger partial charge in [0, 0.05) is 31.5 Å². The van der Waals surface area contributed by atoms with E-state index < -0.39 is 0 Å². The van der Waals surface area contributed by atoms with Crippen molar-refractivity contribution in [2.45, 2.75) is 0 Å². The highest BCUT2D eigenvalue weighted by Gasteiger charge is 2.08. The van der Waals surface area contributed by atoms with Crippen molar-refractivity contribution in [1.29, 1.82) is 0 Å². The lowest BCUT2D eigenvalue weighted by atomic mass is 10.2. The largest absolute Gasteiger partial charge is 0.363 e. The lowest BCUT2D eigenvalue weighted by Gasteiger charge is -2.12. The minimum absolute atomic E-state index is 0.295. The van der Waals surface area contributed by atoms with Gasteiger partial charge < -0.3 is 10.2 Å². The minimum atomic E-state index is -0.387. The summed E-state index contributed by atoms with van der Waals surface area (Å²) in [5.41, 5.74) is 0.899. The molecular weight excluding hydrogens is 245 g/mol. The first-order valence-corrected chi connectivity index (χ1v) is 5.76. The topological polar surface area (TPSA) is 45.2 Å². The quantitative estimate of drug-likeness (QED) is 0.921. The van der Waals surface area contributed by atoms with Gasteiger partial charge in [-0.25, -0.2) is 9.37 Å². The van der Waals surface area contributed by atoms with Crippen molar-refractivity contribution in [2.75, 3.05) is 24.3 Å². The highest BCUT2D eigenvalue weighted by Crippen LogP contribution is 2.13. The van der Waals surface area contributed by atoms with E-state index in [0.717, 1.165) is 0 Å². The summed E-state index contributed by atoms with van der Waals surface area (Å²) in [7, 11) is 3.69. The monoisotopic (exact) mass is 259 g/mol. The Bertz CT molecular complexity index is 599. The number of carbonyl (C=O) groups is 1. The lowest BCUT2D eigenvalue weighted by molar-refractivity contribution is 0.102. The molecule has 0 saturated carbocycles. The van der Waals surface area contributed by atoms with Crippen LogP contribution >= 0.6 is 0 Å². The van der Waals surface area contributed by atoms with Crippen LogP contribution in [0.3, 0.4) is 0 Å². The number of aromatic nitrogens is 1. The molecule has 1 aromatic carbocycles. The van der Waals surface area contributed by atoms with Gasteiger partial charge in [-0.15, -0.1) is 0 Å². The molecule has 0 atom stereocenters. The number of hydrogen-bond acceptors (Lipinski definition) is 3. The zero-order valence-electron chi connectivity index (χ0n) is 10.7. The summed E-state index contributed by atoms with van der Waals surface area (Å²) in [5.74, 6) is 0.00417. The number of hydrogen-bond donors (Lipinski definition) is 1. The maximum Gasteiger partial charge on any atom is 0.255 e. The molecule has 1 aromatic heterocycles. The van der Waals surface area contributed by atoms with Crippen molar-refractivity contribution < 1.29 is 9.18 Å². The zero-order valence-corrected chi connectivity index (χ0v) is 10.7. The molecule has 2 rings (SSSR count). The predicted molar refractivity (Wildman–Crippen MR) is 72.9 cm³/mol. The first-order valence-electron chi connectivity index (χ1n) is 5.76. The number of nitrogens with one attached hydrogen (secondary N) is 1. The fourth-order valence-corrected chi connectivity index (χ4v) is 1.57. The molecule has 0 aliphatic heterocycles. The fourth-order valence-electron chi connectivity index (χ4n) is 1.57. The number of benzene rings is 1. The molecule has 5 heteroatoms. The Morgan fingerprint density at radius 3 is 2.74 bits per heavy atom. The van der Waals surface area contributed by atoms with Gasteiger partial charge in [0.15, 0.2) is 0 Å². The fraction of sp³-hybridized carbons (Fsp3) is 0.143. The van der Waals surface area contributed by atoms with Gasteiger partial charge >= 0.3 is 0 Å². The van der Waals surface area contributed by atoms with E-state index in [1.165, 1.54) is 12.1 Å². The molecule has 0 bridgehead atoms. The third-order valence-electron chi connectivity index (χ3n) is 2.55. The van der Waals surface area contributed by atoms with Crippen LogP contribution in [0.1, 0.15) is 10.4 Å². The van der Waals surface area contributed by atoms with E-state index in [1.54, 1.807) is 35.4 Å². The van der Waals surface area contributed by atoms with Crippen LogP contribution < -0.4 is 10.2 Å². The van der Waals surface area contributed by atoms with E-state index in [2.05, 4.69) is 10.3 Å². The van der Waals surface area contributed by atoms with Gasteiger partial charge in [-0.2, -0.15) is 0 Å². The second-order valence-electron chi connectivity index (χ2n) is 4.26. The first kappa shape index (κ1) is 13.0. The minimum Gasteiger partial charge on any atom is -0.363 e. The molecule has 0 radical (unpaired) electrons. The van der Waals surface area contributed by atoms with Crippen molar-refractivity contribution in [2.24, 2.45) is 0 Å². The molecule has 19 heavy (non-hydrogen) atoms. The Kier molecular flexibility index (Phi) is 3.75. The molecule has 1 amide bonds. The average molecular weight is 259 g/mol. The summed E-state index contributed by atoms with van der Waals surface area (Å²) >= 11 is 0. The third kappa shape index (κ3) is 3.28. The second kappa shape index (κ2) is 5.48. The molecule has 0 aliphatic carbocycles. The van der Waals surface area contributed by atoms with Crippen LogP contribution in [0.15, 0.2) is 42.6 Å². The van der Waals surface area contributed by atoms with E-state index in [9.17, 15) is 9.18 Å². The highest BCUT2D eigenvalue weighted by atomic mass is 19.1. The molecule has 0 saturated heterocycles. The number of pyridine rings is 1. The molecule has 4 nitrogen and oxygen atoms in total. The maximum atomic E-state index is 13.0. The summed E-state index contributed by atoms with van der Waals surface area (Å²) in [6.45, 7) is 0. The zero-order chi connectivity index (χ0) is 13.8. The molecule has 0 unspecified atom stereocenters. The Hall–Kier alpha value is -2.43. The van der Waals surface area contributed by atoms with E-state index >= 15 is 0 Å². The summed E-state index contributed by atoms with van der Waals surface area (Å²) < 4.78 is 13.0. The second-order valence-corrected chi connectivity index (χ2v) is 4.26. The predicted octanol–water partition coefficient (Wildman–Crippen LogP) is 2.54. The number of amides is 1. The standard InChI is InChI=1S/C14H14FN3O/c1-18(2)13-8-10(6-7-16-13)14(19)17-12-5-3-4-11(15)9-12/h3-9H,1-2H3,(H,17,19). The number of nitrogens with zero attached hydrogens (tertiary/aromatic N) is 2. The Morgan fingerprint density at radius 2 is 2.05 bits per heavy atom. The summed E-state index contributed by atoms with van der Waals surface area (Å²) in [6.07, 6.45) is 1.57. The summed E-state index contributed by atoms with van der Waals surface area (Å²) in [6, 6.07) is 9.06. The number of carbonyl (C=O) groups excluding carboxylic acids is 1. The lowest BCUT2D eigenvalue weighted by Crippen LogP contribution is -2.15. The Balaban J connectivity index is 2.18. The molecule has 2 aromatic rings. The first-order chi connectivity index (χ1) is 9.06. The Labute approximate surface area is 110 Å². The van der Waals surface area contributed by atoms with Gasteiger partial charge in [0.25, 0.3) is 5.91 Å². The van der Waals surface area contributed by atoms with E-state index in [-0.39, 0.29) is 11.7 Å². The van der Waals surface area contributed by atoms with Gasteiger partial charge in [0.05, 0.1) is 0 Å². The molecule has 0 fully saturated rings. The SMILES string of the molecule is CN(C)c1cc(C(=O)Nc2cccc(F)c2)ccn1. The molecule has 1 N–H and O–H groups in total. The van der Waals surface area contributed by atoms with E-state index in [0.29, 0.717) is 17.1 Å². The van der Waals surface area contributed by atoms with Crippen molar-refractivity contribution in [3.63, 3.8) is 0 Å². The van der Waals surface area contributed by atoms with Crippen molar-refractivity contribution >= 4 is 17.4 Å². The van der Waals surface area contributed by atoms with Gasteiger partial charge in [0.2, 0.25) is 0 Å². The van der Waals surface area contributed by atoms with Gasteiger partial charge in [0.1, 0.15) is 11.6 Å². The van der Waals surface area contributed by atoms with Crippen molar-refractivity contribution in [3.8, 4) is 0 Å². The summed E-state index contributed by atoms with van der Waals surface area (Å²) in [5, 5.41) is 2.64. The molecule has 0 spiro atoms. The third-order valence-corrected chi connectivity index (χ3v) is 2.55. The van der Waals surface area contributed by atoms with Crippen LogP contribution in [0.4, 0.5) is 15.9 Å². The van der Waals surface area contributed by atoms with Gasteiger partial charge in [-0.05, 0) is 30.3 Å². The van der Waals surface area contributed by atoms with Crippen molar-refractivity contribution in [3.05, 3.63) is 54.0 Å². The number of halogens is 1. The van der Waals surface area contributed by atoms with Crippen LogP contribution in [0.5, 0.6) is 0 Å². The van der Waals surface area contributed by atoms with Crippen LogP contribution in [-0.4, -0.2) is 25.0 Å². The van der Waals surface area contributed by atoms with Crippen LogP contribution in [0.2, 0.25) is 0 Å². The normalized spacial score (nSPS) is 10.1.